The van der Waals surface area contributed by atoms with Crippen LogP contribution in [0.3, 0.4) is 0 Å². The van der Waals surface area contributed by atoms with E-state index in [4.69, 9.17) is 4.12 Å². The fourth-order valence-corrected chi connectivity index (χ4v) is 19.4. The van der Waals surface area contributed by atoms with Crippen LogP contribution in [0.5, 0.6) is 0 Å². The van der Waals surface area contributed by atoms with Gasteiger partial charge in [0.05, 0.1) is 0 Å². The molecule has 1 rings (SSSR count). The molecule has 1 heterocycles. The van der Waals surface area contributed by atoms with Gasteiger partial charge in [0.2, 0.25) is 0 Å². The number of rotatable bonds is 0. The minimum absolute atomic E-state index is 0.0972. The second-order valence-electron chi connectivity index (χ2n) is 2.38. The first-order valence-electron chi connectivity index (χ1n) is 3.58. The third-order valence-corrected chi connectivity index (χ3v) is 14.2. The molecule has 0 radical (unpaired) electrons. The molecule has 0 unspecified atom stereocenters. The standard InChI is InChI=1S/C3H14OSi4/c1-5-2-7-4-8-3-6-1/h1-3,5-8H2. The van der Waals surface area contributed by atoms with Gasteiger partial charge in [0.25, 0.3) is 0 Å². The van der Waals surface area contributed by atoms with Crippen molar-refractivity contribution in [2.45, 2.75) is 17.0 Å². The van der Waals surface area contributed by atoms with Crippen molar-refractivity contribution in [1.82, 2.24) is 0 Å². The predicted molar refractivity (Wildman–Crippen MR) is 49.7 cm³/mol. The molecule has 0 atom stereocenters. The zero-order valence-corrected chi connectivity index (χ0v) is 11.0. The molecule has 1 fully saturated rings. The van der Waals surface area contributed by atoms with Crippen LogP contribution in [0.15, 0.2) is 0 Å². The predicted octanol–water partition coefficient (Wildman–Crippen LogP) is -2.35. The van der Waals surface area contributed by atoms with Gasteiger partial charge in [-0.2, -0.15) is 0 Å². The fourth-order valence-electron chi connectivity index (χ4n) is 1.04. The highest BCUT2D eigenvalue weighted by Gasteiger charge is 1.97. The average molecular weight is 178 g/mol. The van der Waals surface area contributed by atoms with E-state index in [-0.39, 0.29) is 19.5 Å². The lowest BCUT2D eigenvalue weighted by molar-refractivity contribution is 0.646. The van der Waals surface area contributed by atoms with Crippen LogP contribution in [0.4, 0.5) is 0 Å². The summed E-state index contributed by atoms with van der Waals surface area (Å²) in [5, 5.41) is 0. The molecule has 0 aromatic rings. The Morgan fingerprint density at radius 2 is 1.50 bits per heavy atom. The van der Waals surface area contributed by atoms with Crippen molar-refractivity contribution in [3.05, 3.63) is 0 Å². The second kappa shape index (κ2) is 4.68. The number of hydrogen-bond donors (Lipinski definition) is 0. The van der Waals surface area contributed by atoms with Gasteiger partial charge in [-0.1, -0.05) is 17.0 Å². The maximum Gasteiger partial charge on any atom is 0.142 e. The van der Waals surface area contributed by atoms with E-state index in [9.17, 15) is 0 Å². The van der Waals surface area contributed by atoms with Crippen LogP contribution in [0, 0.1) is 0 Å². The first-order valence-corrected chi connectivity index (χ1v) is 10.7. The van der Waals surface area contributed by atoms with Crippen LogP contribution < -0.4 is 0 Å². The van der Waals surface area contributed by atoms with Gasteiger partial charge in [-0.25, -0.2) is 0 Å². The molecule has 0 N–H and O–H groups in total. The van der Waals surface area contributed by atoms with Crippen molar-refractivity contribution in [2.24, 2.45) is 0 Å². The van der Waals surface area contributed by atoms with E-state index >= 15 is 0 Å². The van der Waals surface area contributed by atoms with Gasteiger partial charge in [0.15, 0.2) is 0 Å². The average Bonchev–Trinajstić information content (AvgIpc) is 1.62. The number of hydrogen-bond acceptors (Lipinski definition) is 1. The topological polar surface area (TPSA) is 9.23 Å². The van der Waals surface area contributed by atoms with Gasteiger partial charge in [0, 0.05) is 19.0 Å². The molecule has 5 heteroatoms. The van der Waals surface area contributed by atoms with Gasteiger partial charge in [-0.15, -0.1) is 0 Å². The Morgan fingerprint density at radius 3 is 2.12 bits per heavy atom. The second-order valence-corrected chi connectivity index (χ2v) is 14.7. The van der Waals surface area contributed by atoms with Crippen LogP contribution in [-0.4, -0.2) is 38.6 Å². The van der Waals surface area contributed by atoms with Crippen LogP contribution in [0.2, 0.25) is 17.0 Å². The van der Waals surface area contributed by atoms with Crippen molar-refractivity contribution in [1.29, 1.82) is 0 Å². The first kappa shape index (κ1) is 6.94. The summed E-state index contributed by atoms with van der Waals surface area (Å²) in [5.74, 6) is 0. The Labute approximate surface area is 60.1 Å². The molecule has 1 saturated heterocycles. The molecule has 8 heavy (non-hydrogen) atoms. The Morgan fingerprint density at radius 1 is 0.875 bits per heavy atom. The smallest absolute Gasteiger partial charge is 0.142 e. The molecule has 0 aromatic carbocycles. The van der Waals surface area contributed by atoms with Gasteiger partial charge in [-0.3, -0.25) is 0 Å². The van der Waals surface area contributed by atoms with E-state index in [1.807, 2.05) is 0 Å². The Balaban J connectivity index is 2.00. The Hall–Kier alpha value is 0.828. The molecular weight excluding hydrogens is 164 g/mol. The molecule has 0 spiro atoms. The van der Waals surface area contributed by atoms with Crippen LogP contribution in [0.1, 0.15) is 0 Å². The summed E-state index contributed by atoms with van der Waals surface area (Å²) in [7, 11) is 1.14. The summed E-state index contributed by atoms with van der Waals surface area (Å²) in [6, 6.07) is 0. The molecule has 1 aliphatic rings. The largest absolute Gasteiger partial charge is 0.466 e. The van der Waals surface area contributed by atoms with Gasteiger partial charge in [-0.05, 0) is 0 Å². The fraction of sp³-hybridized carbons (Fsp3) is 1.00. The lowest BCUT2D eigenvalue weighted by atomic mass is 11.8. The van der Waals surface area contributed by atoms with Crippen LogP contribution >= 0.6 is 0 Å². The highest BCUT2D eigenvalue weighted by atomic mass is 28.4. The van der Waals surface area contributed by atoms with Gasteiger partial charge >= 0.3 is 0 Å². The zero-order chi connectivity index (χ0) is 5.66. The van der Waals surface area contributed by atoms with Crippen LogP contribution in [0.25, 0.3) is 0 Å². The molecule has 1 nitrogen and oxygen atoms in total. The maximum absolute atomic E-state index is 5.62. The van der Waals surface area contributed by atoms with Crippen LogP contribution in [-0.2, 0) is 4.12 Å². The minimum atomic E-state index is 0.0972. The van der Waals surface area contributed by atoms with Crippen molar-refractivity contribution in [3.8, 4) is 0 Å². The van der Waals surface area contributed by atoms with E-state index < -0.39 is 0 Å². The third kappa shape index (κ3) is 2.98. The summed E-state index contributed by atoms with van der Waals surface area (Å²) in [4.78, 5) is 0. The summed E-state index contributed by atoms with van der Waals surface area (Å²) in [6.07, 6.45) is 0. The summed E-state index contributed by atoms with van der Waals surface area (Å²) < 4.78 is 5.62. The van der Waals surface area contributed by atoms with E-state index in [2.05, 4.69) is 0 Å². The maximum atomic E-state index is 5.62. The third-order valence-electron chi connectivity index (χ3n) is 1.58. The quantitative estimate of drug-likeness (QED) is 0.378. The van der Waals surface area contributed by atoms with E-state index in [1.165, 1.54) is 0 Å². The highest BCUT2D eigenvalue weighted by molar-refractivity contribution is 6.70. The van der Waals surface area contributed by atoms with Gasteiger partial charge in [0.1, 0.15) is 19.5 Å². The van der Waals surface area contributed by atoms with E-state index in [0.29, 0.717) is 19.0 Å². The molecule has 0 aromatic heterocycles. The molecule has 0 bridgehead atoms. The normalized spacial score (nSPS) is 36.0. The Kier molecular flexibility index (Phi) is 4.06. The SMILES string of the molecule is C1[SiH2]C[SiH2]O[SiH2]C[SiH2]1. The first-order chi connectivity index (χ1) is 4.00. The highest BCUT2D eigenvalue weighted by Crippen LogP contribution is 1.91. The van der Waals surface area contributed by atoms with Crippen molar-refractivity contribution < 1.29 is 4.12 Å². The van der Waals surface area contributed by atoms with E-state index in [1.54, 1.807) is 17.0 Å². The lowest BCUT2D eigenvalue weighted by Crippen LogP contribution is -2.14. The molecule has 0 aliphatic carbocycles. The molecule has 48 valence electrons. The summed E-state index contributed by atoms with van der Waals surface area (Å²) in [6.45, 7) is 0. The molecule has 0 saturated carbocycles. The van der Waals surface area contributed by atoms with Crippen molar-refractivity contribution in [2.75, 3.05) is 0 Å². The monoisotopic (exact) mass is 178 g/mol. The lowest BCUT2D eigenvalue weighted by Gasteiger charge is -2.05. The Bertz CT molecular complexity index is 35.2. The molecule has 1 aliphatic heterocycles. The summed E-state index contributed by atoms with van der Waals surface area (Å²) in [5.41, 5.74) is 5.02. The minimum Gasteiger partial charge on any atom is -0.466 e. The van der Waals surface area contributed by atoms with Crippen molar-refractivity contribution >= 4 is 38.6 Å². The summed E-state index contributed by atoms with van der Waals surface area (Å²) >= 11 is 0. The van der Waals surface area contributed by atoms with Crippen molar-refractivity contribution in [3.63, 3.8) is 0 Å². The van der Waals surface area contributed by atoms with E-state index in [0.717, 1.165) is 0 Å². The van der Waals surface area contributed by atoms with Gasteiger partial charge < -0.3 is 4.12 Å². The zero-order valence-electron chi connectivity index (χ0n) is 5.36. The molecule has 0 amide bonds. The molecular formula is C3H14OSi4.